The van der Waals surface area contributed by atoms with Crippen molar-refractivity contribution in [3.05, 3.63) is 70.9 Å². The maximum atomic E-state index is 6.21. The first-order valence-electron chi connectivity index (χ1n) is 8.28. The van der Waals surface area contributed by atoms with E-state index in [1.54, 1.807) is 0 Å². The van der Waals surface area contributed by atoms with E-state index in [1.807, 2.05) is 56.3 Å². The first-order valence-corrected chi connectivity index (χ1v) is 8.66. The lowest BCUT2D eigenvalue weighted by Crippen LogP contribution is -2.18. The summed E-state index contributed by atoms with van der Waals surface area (Å²) in [5.74, 6) is 1.42. The van der Waals surface area contributed by atoms with Gasteiger partial charge in [-0.1, -0.05) is 35.9 Å². The summed E-state index contributed by atoms with van der Waals surface area (Å²) >= 11 is 6.21. The van der Waals surface area contributed by atoms with Gasteiger partial charge in [0.15, 0.2) is 0 Å². The van der Waals surface area contributed by atoms with Gasteiger partial charge in [-0.05, 0) is 50.6 Å². The van der Waals surface area contributed by atoms with E-state index in [2.05, 4.69) is 39.2 Å². The maximum absolute atomic E-state index is 6.21. The van der Waals surface area contributed by atoms with Crippen LogP contribution in [0.2, 0.25) is 5.02 Å². The Labute approximate surface area is 153 Å². The molecule has 0 aliphatic heterocycles. The first kappa shape index (κ1) is 17.2. The minimum Gasteiger partial charge on any atom is -0.326 e. The van der Waals surface area contributed by atoms with Crippen molar-refractivity contribution in [2.24, 2.45) is 0 Å². The SMILES string of the molecule is CCN(c1ccccc1)c1cc(C)nc(Nc2ccc(C)c(Cl)c2)n1. The summed E-state index contributed by atoms with van der Waals surface area (Å²) in [6, 6.07) is 18.0. The number of aromatic nitrogens is 2. The number of para-hydroxylation sites is 1. The summed E-state index contributed by atoms with van der Waals surface area (Å²) in [6.45, 7) is 6.87. The van der Waals surface area contributed by atoms with E-state index < -0.39 is 0 Å². The normalized spacial score (nSPS) is 10.6. The molecule has 3 aromatic rings. The van der Waals surface area contributed by atoms with Gasteiger partial charge < -0.3 is 10.2 Å². The molecule has 0 bridgehead atoms. The second-order valence-electron chi connectivity index (χ2n) is 5.86. The summed E-state index contributed by atoms with van der Waals surface area (Å²) in [4.78, 5) is 11.3. The number of hydrogen-bond acceptors (Lipinski definition) is 4. The molecule has 4 nitrogen and oxygen atoms in total. The molecule has 0 atom stereocenters. The summed E-state index contributed by atoms with van der Waals surface area (Å²) in [6.07, 6.45) is 0. The zero-order valence-electron chi connectivity index (χ0n) is 14.6. The molecule has 3 rings (SSSR count). The van der Waals surface area contributed by atoms with Crippen molar-refractivity contribution >= 4 is 34.7 Å². The Morgan fingerprint density at radius 2 is 1.76 bits per heavy atom. The highest BCUT2D eigenvalue weighted by Crippen LogP contribution is 2.26. The lowest BCUT2D eigenvalue weighted by molar-refractivity contribution is 0.969. The maximum Gasteiger partial charge on any atom is 0.229 e. The van der Waals surface area contributed by atoms with Gasteiger partial charge in [0, 0.05) is 34.7 Å². The van der Waals surface area contributed by atoms with Crippen molar-refractivity contribution in [3.63, 3.8) is 0 Å². The molecular weight excluding hydrogens is 332 g/mol. The van der Waals surface area contributed by atoms with E-state index in [4.69, 9.17) is 11.6 Å². The van der Waals surface area contributed by atoms with Crippen LogP contribution in [0.5, 0.6) is 0 Å². The van der Waals surface area contributed by atoms with Crippen LogP contribution in [0.1, 0.15) is 18.2 Å². The van der Waals surface area contributed by atoms with Crippen molar-refractivity contribution in [1.82, 2.24) is 9.97 Å². The summed E-state index contributed by atoms with van der Waals surface area (Å²) in [7, 11) is 0. The van der Waals surface area contributed by atoms with Gasteiger partial charge >= 0.3 is 0 Å². The van der Waals surface area contributed by atoms with Crippen molar-refractivity contribution in [1.29, 1.82) is 0 Å². The van der Waals surface area contributed by atoms with E-state index in [-0.39, 0.29) is 0 Å². The molecule has 25 heavy (non-hydrogen) atoms. The molecular formula is C20H21ClN4. The Morgan fingerprint density at radius 3 is 2.44 bits per heavy atom. The van der Waals surface area contributed by atoms with E-state index in [1.165, 1.54) is 0 Å². The molecule has 0 spiro atoms. The zero-order chi connectivity index (χ0) is 17.8. The Hall–Kier alpha value is -2.59. The monoisotopic (exact) mass is 352 g/mol. The lowest BCUT2D eigenvalue weighted by Gasteiger charge is -2.23. The zero-order valence-corrected chi connectivity index (χ0v) is 15.4. The molecule has 128 valence electrons. The lowest BCUT2D eigenvalue weighted by atomic mass is 10.2. The standard InChI is InChI=1S/C20H21ClN4/c1-4-25(17-8-6-5-7-9-17)19-12-15(3)22-20(24-19)23-16-11-10-14(2)18(21)13-16/h5-13H,4H2,1-3H3,(H,22,23,24). The molecule has 5 heteroatoms. The molecule has 1 aromatic heterocycles. The van der Waals surface area contributed by atoms with Crippen LogP contribution >= 0.6 is 11.6 Å². The number of anilines is 4. The van der Waals surface area contributed by atoms with Gasteiger partial charge in [0.1, 0.15) is 5.82 Å². The van der Waals surface area contributed by atoms with Gasteiger partial charge in [-0.15, -0.1) is 0 Å². The summed E-state index contributed by atoms with van der Waals surface area (Å²) < 4.78 is 0. The van der Waals surface area contributed by atoms with E-state index in [9.17, 15) is 0 Å². The highest BCUT2D eigenvalue weighted by atomic mass is 35.5. The molecule has 2 aromatic carbocycles. The highest BCUT2D eigenvalue weighted by Gasteiger charge is 2.11. The molecule has 0 aliphatic carbocycles. The second kappa shape index (κ2) is 7.53. The van der Waals surface area contributed by atoms with Crippen LogP contribution < -0.4 is 10.2 Å². The smallest absolute Gasteiger partial charge is 0.229 e. The number of rotatable bonds is 5. The van der Waals surface area contributed by atoms with Crippen LogP contribution in [0.25, 0.3) is 0 Å². The molecule has 1 N–H and O–H groups in total. The van der Waals surface area contributed by atoms with Gasteiger partial charge in [0.2, 0.25) is 5.95 Å². The fourth-order valence-corrected chi connectivity index (χ4v) is 2.81. The van der Waals surface area contributed by atoms with Crippen LogP contribution in [0.15, 0.2) is 54.6 Å². The van der Waals surface area contributed by atoms with Crippen LogP contribution in [0, 0.1) is 13.8 Å². The molecule has 0 radical (unpaired) electrons. The van der Waals surface area contributed by atoms with Crippen LogP contribution in [0.3, 0.4) is 0 Å². The third-order valence-electron chi connectivity index (χ3n) is 3.93. The van der Waals surface area contributed by atoms with Crippen LogP contribution in [-0.4, -0.2) is 16.5 Å². The fraction of sp³-hybridized carbons (Fsp3) is 0.200. The minimum absolute atomic E-state index is 0.560. The van der Waals surface area contributed by atoms with E-state index >= 15 is 0 Å². The molecule has 0 amide bonds. The Balaban J connectivity index is 1.93. The molecule has 0 saturated heterocycles. The highest BCUT2D eigenvalue weighted by molar-refractivity contribution is 6.31. The average Bonchev–Trinajstić information content (AvgIpc) is 2.59. The number of halogens is 1. The Morgan fingerprint density at radius 1 is 1.00 bits per heavy atom. The molecule has 0 saturated carbocycles. The number of hydrogen-bond donors (Lipinski definition) is 1. The topological polar surface area (TPSA) is 41.1 Å². The van der Waals surface area contributed by atoms with Gasteiger partial charge in [0.25, 0.3) is 0 Å². The van der Waals surface area contributed by atoms with Crippen molar-refractivity contribution < 1.29 is 0 Å². The van der Waals surface area contributed by atoms with Gasteiger partial charge in [-0.2, -0.15) is 4.98 Å². The quantitative estimate of drug-likeness (QED) is 0.644. The Kier molecular flexibility index (Phi) is 5.19. The third-order valence-corrected chi connectivity index (χ3v) is 4.34. The molecule has 0 aliphatic rings. The van der Waals surface area contributed by atoms with Gasteiger partial charge in [-0.3, -0.25) is 0 Å². The molecule has 1 heterocycles. The van der Waals surface area contributed by atoms with E-state index in [0.717, 1.165) is 40.0 Å². The average molecular weight is 353 g/mol. The van der Waals surface area contributed by atoms with Crippen LogP contribution in [-0.2, 0) is 0 Å². The van der Waals surface area contributed by atoms with Gasteiger partial charge in [0.05, 0.1) is 0 Å². The number of nitrogens with one attached hydrogen (secondary N) is 1. The number of aryl methyl sites for hydroxylation is 2. The minimum atomic E-state index is 0.560. The number of benzene rings is 2. The van der Waals surface area contributed by atoms with E-state index in [0.29, 0.717) is 5.95 Å². The predicted molar refractivity (Wildman–Crippen MR) is 105 cm³/mol. The second-order valence-corrected chi connectivity index (χ2v) is 6.27. The van der Waals surface area contributed by atoms with Gasteiger partial charge in [-0.25, -0.2) is 4.98 Å². The van der Waals surface area contributed by atoms with Crippen molar-refractivity contribution in [3.8, 4) is 0 Å². The molecule has 0 unspecified atom stereocenters. The fourth-order valence-electron chi connectivity index (χ4n) is 2.63. The first-order chi connectivity index (χ1) is 12.1. The predicted octanol–water partition coefficient (Wildman–Crippen LogP) is 5.65. The number of nitrogens with zero attached hydrogens (tertiary/aromatic N) is 3. The summed E-state index contributed by atoms with van der Waals surface area (Å²) in [5, 5.41) is 3.97. The van der Waals surface area contributed by atoms with Crippen molar-refractivity contribution in [2.75, 3.05) is 16.8 Å². The molecule has 0 fully saturated rings. The third kappa shape index (κ3) is 4.09. The van der Waals surface area contributed by atoms with Crippen molar-refractivity contribution in [2.45, 2.75) is 20.8 Å². The summed E-state index contributed by atoms with van der Waals surface area (Å²) in [5.41, 5.74) is 3.92. The Bertz CT molecular complexity index is 865. The largest absolute Gasteiger partial charge is 0.326 e. The van der Waals surface area contributed by atoms with Crippen LogP contribution in [0.4, 0.5) is 23.1 Å².